The van der Waals surface area contributed by atoms with E-state index in [1.54, 1.807) is 0 Å². The molecular formula is C10H9BrClFN2O3. The summed E-state index contributed by atoms with van der Waals surface area (Å²) in [6.07, 6.45) is 0. The Bertz CT molecular complexity index is 522. The number of nitrogens with zero attached hydrogens (tertiary/aromatic N) is 1. The predicted molar refractivity (Wildman–Crippen MR) is 69.1 cm³/mol. The molecule has 0 aliphatic carbocycles. The van der Waals surface area contributed by atoms with Gasteiger partial charge in [-0.2, -0.15) is 0 Å². The van der Waals surface area contributed by atoms with Crippen LogP contribution in [0.2, 0.25) is 0 Å². The van der Waals surface area contributed by atoms with Crippen molar-refractivity contribution in [2.45, 2.75) is 0 Å². The molecule has 0 radical (unpaired) electrons. The summed E-state index contributed by atoms with van der Waals surface area (Å²) in [5, 5.41) is 9.77. The number of amidine groups is 1. The largest absolute Gasteiger partial charge is 0.505 e. The van der Waals surface area contributed by atoms with Gasteiger partial charge >= 0.3 is 5.97 Å². The SMILES string of the molecule is COC(=O)c1c(O)c(N=C(N)CCl)cc(Br)c1F. The Balaban J connectivity index is 3.49. The van der Waals surface area contributed by atoms with Crippen LogP contribution in [0.5, 0.6) is 5.75 Å². The molecule has 3 N–H and O–H groups in total. The van der Waals surface area contributed by atoms with Crippen LogP contribution in [0.1, 0.15) is 10.4 Å². The summed E-state index contributed by atoms with van der Waals surface area (Å²) in [6, 6.07) is 1.18. The van der Waals surface area contributed by atoms with Crippen molar-refractivity contribution in [1.82, 2.24) is 0 Å². The number of phenolic OH excluding ortho intramolecular Hbond substituents is 1. The summed E-state index contributed by atoms with van der Waals surface area (Å²) in [7, 11) is 1.07. The van der Waals surface area contributed by atoms with Gasteiger partial charge in [-0.25, -0.2) is 14.2 Å². The normalized spacial score (nSPS) is 11.4. The molecule has 0 bridgehead atoms. The molecule has 0 heterocycles. The van der Waals surface area contributed by atoms with Crippen LogP contribution in [0.3, 0.4) is 0 Å². The third kappa shape index (κ3) is 2.91. The van der Waals surface area contributed by atoms with Gasteiger partial charge in [-0.1, -0.05) is 0 Å². The van der Waals surface area contributed by atoms with Gasteiger partial charge in [-0.05, 0) is 22.0 Å². The molecule has 8 heteroatoms. The molecule has 1 aromatic rings. The van der Waals surface area contributed by atoms with E-state index in [1.807, 2.05) is 0 Å². The van der Waals surface area contributed by atoms with E-state index in [-0.39, 0.29) is 21.9 Å². The average molecular weight is 340 g/mol. The van der Waals surface area contributed by atoms with Crippen molar-refractivity contribution in [2.75, 3.05) is 13.0 Å². The summed E-state index contributed by atoms with van der Waals surface area (Å²) < 4.78 is 18.0. The lowest BCUT2D eigenvalue weighted by atomic mass is 10.1. The van der Waals surface area contributed by atoms with Gasteiger partial charge < -0.3 is 15.6 Å². The van der Waals surface area contributed by atoms with E-state index in [0.717, 1.165) is 7.11 Å². The molecular weight excluding hydrogens is 330 g/mol. The molecule has 98 valence electrons. The van der Waals surface area contributed by atoms with E-state index in [9.17, 15) is 14.3 Å². The van der Waals surface area contributed by atoms with Crippen molar-refractivity contribution < 1.29 is 19.0 Å². The fraction of sp³-hybridized carbons (Fsp3) is 0.200. The highest BCUT2D eigenvalue weighted by atomic mass is 79.9. The first kappa shape index (κ1) is 14.7. The monoisotopic (exact) mass is 338 g/mol. The number of nitrogens with two attached hydrogens (primary N) is 1. The lowest BCUT2D eigenvalue weighted by Crippen LogP contribution is -2.12. The highest BCUT2D eigenvalue weighted by Gasteiger charge is 2.23. The van der Waals surface area contributed by atoms with Crippen molar-refractivity contribution in [3.8, 4) is 5.75 Å². The fourth-order valence-electron chi connectivity index (χ4n) is 1.16. The summed E-state index contributed by atoms with van der Waals surface area (Å²) >= 11 is 8.34. The molecule has 0 amide bonds. The number of alkyl halides is 1. The first-order valence-corrected chi connectivity index (χ1v) is 5.93. The number of ether oxygens (including phenoxy) is 1. The summed E-state index contributed by atoms with van der Waals surface area (Å²) in [5.74, 6) is -2.67. The van der Waals surface area contributed by atoms with E-state index >= 15 is 0 Å². The highest BCUT2D eigenvalue weighted by Crippen LogP contribution is 2.37. The second-order valence-corrected chi connectivity index (χ2v) is 4.27. The number of hydrogen-bond donors (Lipinski definition) is 2. The highest BCUT2D eigenvalue weighted by molar-refractivity contribution is 9.10. The zero-order valence-electron chi connectivity index (χ0n) is 9.21. The predicted octanol–water partition coefficient (Wildman–Crippen LogP) is 2.31. The maximum Gasteiger partial charge on any atom is 0.344 e. The Morgan fingerprint density at radius 2 is 2.33 bits per heavy atom. The van der Waals surface area contributed by atoms with Gasteiger partial charge in [0, 0.05) is 0 Å². The molecule has 0 aliphatic rings. The van der Waals surface area contributed by atoms with Crippen molar-refractivity contribution in [2.24, 2.45) is 10.7 Å². The molecule has 0 saturated heterocycles. The Hall–Kier alpha value is -1.34. The van der Waals surface area contributed by atoms with E-state index in [0.29, 0.717) is 0 Å². The Morgan fingerprint density at radius 1 is 1.72 bits per heavy atom. The van der Waals surface area contributed by atoms with E-state index in [1.165, 1.54) is 6.07 Å². The van der Waals surface area contributed by atoms with Crippen LogP contribution in [0, 0.1) is 5.82 Å². The molecule has 0 aromatic heterocycles. The first-order chi connectivity index (χ1) is 8.42. The summed E-state index contributed by atoms with van der Waals surface area (Å²) in [5.41, 5.74) is 4.70. The van der Waals surface area contributed by atoms with Gasteiger partial charge in [0.25, 0.3) is 0 Å². The van der Waals surface area contributed by atoms with Gasteiger partial charge in [0.05, 0.1) is 17.5 Å². The van der Waals surface area contributed by atoms with E-state index in [4.69, 9.17) is 17.3 Å². The van der Waals surface area contributed by atoms with Crippen LogP contribution < -0.4 is 5.73 Å². The summed E-state index contributed by atoms with van der Waals surface area (Å²) in [6.45, 7) is 0. The van der Waals surface area contributed by atoms with Crippen LogP contribution >= 0.6 is 27.5 Å². The number of esters is 1. The number of carbonyl (C=O) groups excluding carboxylic acids is 1. The van der Waals surface area contributed by atoms with Crippen LogP contribution in [0.25, 0.3) is 0 Å². The van der Waals surface area contributed by atoms with Crippen molar-refractivity contribution in [3.05, 3.63) is 21.9 Å². The molecule has 0 aliphatic heterocycles. The molecule has 0 unspecified atom stereocenters. The van der Waals surface area contributed by atoms with Gasteiger partial charge in [0.2, 0.25) is 0 Å². The summed E-state index contributed by atoms with van der Waals surface area (Å²) in [4.78, 5) is 15.1. The fourth-order valence-corrected chi connectivity index (χ4v) is 1.64. The maximum atomic E-state index is 13.7. The van der Waals surface area contributed by atoms with Crippen LogP contribution in [0.4, 0.5) is 10.1 Å². The molecule has 1 aromatic carbocycles. The number of hydrogen-bond acceptors (Lipinski definition) is 4. The lowest BCUT2D eigenvalue weighted by Gasteiger charge is -2.08. The number of benzene rings is 1. The third-order valence-corrected chi connectivity index (χ3v) is 2.81. The molecule has 0 spiro atoms. The topological polar surface area (TPSA) is 84.9 Å². The van der Waals surface area contributed by atoms with Crippen molar-refractivity contribution >= 4 is 45.0 Å². The van der Waals surface area contributed by atoms with Gasteiger partial charge in [0.15, 0.2) is 11.6 Å². The van der Waals surface area contributed by atoms with Crippen LogP contribution in [-0.4, -0.2) is 29.9 Å². The minimum Gasteiger partial charge on any atom is -0.505 e. The first-order valence-electron chi connectivity index (χ1n) is 4.60. The van der Waals surface area contributed by atoms with E-state index in [2.05, 4.69) is 25.7 Å². The van der Waals surface area contributed by atoms with E-state index < -0.39 is 23.1 Å². The second-order valence-electron chi connectivity index (χ2n) is 3.14. The molecule has 18 heavy (non-hydrogen) atoms. The standard InChI is InChI=1S/C10H9BrClFN2O3/c1-18-10(17)7-8(13)4(11)2-5(9(7)16)15-6(14)3-12/h2,16H,3H2,1H3,(H2,14,15). The van der Waals surface area contributed by atoms with Gasteiger partial charge in [0.1, 0.15) is 17.1 Å². The maximum absolute atomic E-state index is 13.7. The minimum absolute atomic E-state index is 0.0151. The number of methoxy groups -OCH3 is 1. The zero-order valence-corrected chi connectivity index (χ0v) is 11.5. The van der Waals surface area contributed by atoms with Crippen molar-refractivity contribution in [3.63, 3.8) is 0 Å². The smallest absolute Gasteiger partial charge is 0.344 e. The number of halogens is 3. The Morgan fingerprint density at radius 3 is 2.83 bits per heavy atom. The van der Waals surface area contributed by atoms with Gasteiger partial charge in [-0.3, -0.25) is 0 Å². The molecule has 1 rings (SSSR count). The number of carbonyl (C=O) groups is 1. The Labute approximate surface area is 116 Å². The molecule has 0 saturated carbocycles. The van der Waals surface area contributed by atoms with Crippen molar-refractivity contribution in [1.29, 1.82) is 0 Å². The average Bonchev–Trinajstić information content (AvgIpc) is 2.35. The number of aliphatic imine (C=N–C) groups is 1. The van der Waals surface area contributed by atoms with Crippen LogP contribution in [-0.2, 0) is 4.74 Å². The number of aromatic hydroxyl groups is 1. The number of rotatable bonds is 3. The third-order valence-electron chi connectivity index (χ3n) is 1.96. The van der Waals surface area contributed by atoms with Gasteiger partial charge in [-0.15, -0.1) is 11.6 Å². The Kier molecular flexibility index (Phi) is 4.92. The molecule has 0 atom stereocenters. The lowest BCUT2D eigenvalue weighted by molar-refractivity contribution is 0.0592. The zero-order chi connectivity index (χ0) is 13.9. The quantitative estimate of drug-likeness (QED) is 0.383. The molecule has 5 nitrogen and oxygen atoms in total. The van der Waals surface area contributed by atoms with Crippen LogP contribution in [0.15, 0.2) is 15.5 Å². The number of phenols is 1. The minimum atomic E-state index is -1.02. The molecule has 0 fully saturated rings. The second kappa shape index (κ2) is 6.01.